The molecule has 0 saturated heterocycles. The zero-order valence-electron chi connectivity index (χ0n) is 15.5. The van der Waals surface area contributed by atoms with Gasteiger partial charge in [0.2, 0.25) is 0 Å². The maximum Gasteiger partial charge on any atom is 0.262 e. The normalized spacial score (nSPS) is 11.6. The number of rotatable bonds is 4. The molecule has 0 spiro atoms. The van der Waals surface area contributed by atoms with Crippen molar-refractivity contribution in [2.24, 2.45) is 0 Å². The molecule has 26 heavy (non-hydrogen) atoms. The van der Waals surface area contributed by atoms with Gasteiger partial charge >= 0.3 is 0 Å². The van der Waals surface area contributed by atoms with E-state index in [2.05, 4.69) is 9.88 Å². The first kappa shape index (κ1) is 18.2. The molecule has 0 fully saturated rings. The van der Waals surface area contributed by atoms with Crippen LogP contribution in [0.1, 0.15) is 28.1 Å². The summed E-state index contributed by atoms with van der Waals surface area (Å²) < 4.78 is 33.9. The number of nitrogens with one attached hydrogen (secondary N) is 1. The minimum atomic E-state index is -3.72. The van der Waals surface area contributed by atoms with Crippen molar-refractivity contribution in [1.29, 1.82) is 0 Å². The third kappa shape index (κ3) is 3.51. The molecule has 3 aromatic rings. The molecule has 0 aliphatic heterocycles. The van der Waals surface area contributed by atoms with Gasteiger partial charge in [-0.05, 0) is 75.1 Å². The van der Waals surface area contributed by atoms with Crippen LogP contribution in [-0.2, 0) is 10.0 Å². The van der Waals surface area contributed by atoms with Crippen molar-refractivity contribution in [2.45, 2.75) is 39.5 Å². The molecule has 0 bridgehead atoms. The lowest BCUT2D eigenvalue weighted by atomic mass is 10.0. The third-order valence-electron chi connectivity index (χ3n) is 4.27. The van der Waals surface area contributed by atoms with Crippen LogP contribution in [0.15, 0.2) is 45.8 Å². The number of benzene rings is 2. The third-order valence-corrected chi connectivity index (χ3v) is 5.80. The van der Waals surface area contributed by atoms with Crippen LogP contribution < -0.4 is 4.72 Å². The largest absolute Gasteiger partial charge is 0.361 e. The number of hydrogen-bond acceptors (Lipinski definition) is 4. The Bertz CT molecular complexity index is 1040. The number of aromatic nitrogens is 1. The number of anilines is 1. The van der Waals surface area contributed by atoms with Gasteiger partial charge in [0.1, 0.15) is 5.76 Å². The highest BCUT2D eigenvalue weighted by atomic mass is 32.2. The number of nitrogens with zero attached hydrogens (tertiary/aromatic N) is 1. The highest BCUT2D eigenvalue weighted by Gasteiger charge is 2.20. The van der Waals surface area contributed by atoms with Gasteiger partial charge < -0.3 is 4.52 Å². The van der Waals surface area contributed by atoms with Crippen LogP contribution in [0, 0.1) is 34.6 Å². The van der Waals surface area contributed by atoms with Gasteiger partial charge in [-0.1, -0.05) is 23.4 Å². The lowest BCUT2D eigenvalue weighted by Crippen LogP contribution is -2.14. The van der Waals surface area contributed by atoms with Crippen molar-refractivity contribution in [3.05, 3.63) is 64.5 Å². The number of sulfonamides is 1. The lowest BCUT2D eigenvalue weighted by molar-refractivity contribution is 0.393. The van der Waals surface area contributed by atoms with Crippen LogP contribution in [0.3, 0.4) is 0 Å². The van der Waals surface area contributed by atoms with E-state index < -0.39 is 10.0 Å². The fourth-order valence-electron chi connectivity index (χ4n) is 3.18. The van der Waals surface area contributed by atoms with Gasteiger partial charge in [0.05, 0.1) is 10.6 Å². The van der Waals surface area contributed by atoms with E-state index >= 15 is 0 Å². The van der Waals surface area contributed by atoms with Gasteiger partial charge in [-0.15, -0.1) is 0 Å². The molecule has 2 aromatic carbocycles. The Labute approximate surface area is 154 Å². The van der Waals surface area contributed by atoms with E-state index in [4.69, 9.17) is 4.52 Å². The second kappa shape index (κ2) is 6.61. The Morgan fingerprint density at radius 2 is 1.58 bits per heavy atom. The smallest absolute Gasteiger partial charge is 0.262 e. The number of hydrogen-bond donors (Lipinski definition) is 1. The van der Waals surface area contributed by atoms with Crippen molar-refractivity contribution < 1.29 is 12.9 Å². The van der Waals surface area contributed by atoms with Gasteiger partial charge in [-0.25, -0.2) is 8.42 Å². The molecule has 0 unspecified atom stereocenters. The van der Waals surface area contributed by atoms with E-state index in [0.717, 1.165) is 27.9 Å². The van der Waals surface area contributed by atoms with Crippen molar-refractivity contribution in [3.63, 3.8) is 0 Å². The first-order valence-corrected chi connectivity index (χ1v) is 9.81. The monoisotopic (exact) mass is 370 g/mol. The summed E-state index contributed by atoms with van der Waals surface area (Å²) in [6.45, 7) is 9.32. The summed E-state index contributed by atoms with van der Waals surface area (Å²) in [5.41, 5.74) is 5.58. The molecule has 1 aromatic heterocycles. The molecule has 0 aliphatic carbocycles. The lowest BCUT2D eigenvalue weighted by Gasteiger charge is -2.13. The number of aryl methyl sites for hydroxylation is 5. The molecule has 0 atom stereocenters. The summed E-state index contributed by atoms with van der Waals surface area (Å²) >= 11 is 0. The molecule has 3 rings (SSSR count). The molecule has 0 amide bonds. The van der Waals surface area contributed by atoms with Gasteiger partial charge in [-0.2, -0.15) is 0 Å². The zero-order valence-corrected chi connectivity index (χ0v) is 16.4. The Balaban J connectivity index is 2.06. The van der Waals surface area contributed by atoms with E-state index in [9.17, 15) is 8.42 Å². The summed E-state index contributed by atoms with van der Waals surface area (Å²) in [5.74, 6) is 0.664. The highest BCUT2D eigenvalue weighted by molar-refractivity contribution is 7.92. The van der Waals surface area contributed by atoms with Crippen molar-refractivity contribution in [2.75, 3.05) is 4.72 Å². The van der Waals surface area contributed by atoms with Crippen LogP contribution in [0.2, 0.25) is 0 Å². The SMILES string of the molecule is Cc1cc(C)cc(NS(=O)(=O)c2cc(-c3c(C)noc3C)ccc2C)c1. The zero-order chi connectivity index (χ0) is 19.1. The second-order valence-corrected chi connectivity index (χ2v) is 8.31. The first-order valence-electron chi connectivity index (χ1n) is 8.32. The minimum Gasteiger partial charge on any atom is -0.361 e. The van der Waals surface area contributed by atoms with E-state index in [0.29, 0.717) is 17.0 Å². The van der Waals surface area contributed by atoms with Crippen LogP contribution in [0.25, 0.3) is 11.1 Å². The van der Waals surface area contributed by atoms with Crippen LogP contribution in [0.4, 0.5) is 5.69 Å². The molecule has 0 saturated carbocycles. The standard InChI is InChI=1S/C20H22N2O3S/c1-12-8-13(2)10-18(9-12)22-26(23,24)19-11-17(7-6-14(19)3)20-15(4)21-25-16(20)5/h6-11,22H,1-5H3. The molecule has 6 heteroatoms. The summed E-state index contributed by atoms with van der Waals surface area (Å²) in [5, 5.41) is 3.95. The van der Waals surface area contributed by atoms with Crippen LogP contribution in [-0.4, -0.2) is 13.6 Å². The maximum atomic E-state index is 13.0. The van der Waals surface area contributed by atoms with Gasteiger partial charge in [0, 0.05) is 11.3 Å². The molecule has 0 aliphatic rings. The van der Waals surface area contributed by atoms with Crippen molar-refractivity contribution in [3.8, 4) is 11.1 Å². The van der Waals surface area contributed by atoms with Crippen molar-refractivity contribution in [1.82, 2.24) is 5.16 Å². The second-order valence-electron chi connectivity index (χ2n) is 6.66. The quantitative estimate of drug-likeness (QED) is 0.723. The highest BCUT2D eigenvalue weighted by Crippen LogP contribution is 2.31. The Hall–Kier alpha value is -2.60. The van der Waals surface area contributed by atoms with Crippen molar-refractivity contribution >= 4 is 15.7 Å². The fraction of sp³-hybridized carbons (Fsp3) is 0.250. The molecule has 1 heterocycles. The Morgan fingerprint density at radius 1 is 0.923 bits per heavy atom. The summed E-state index contributed by atoms with van der Waals surface area (Å²) in [7, 11) is -3.72. The van der Waals surface area contributed by atoms with Gasteiger partial charge in [0.25, 0.3) is 10.0 Å². The molecule has 0 radical (unpaired) electrons. The van der Waals surface area contributed by atoms with Crippen LogP contribution >= 0.6 is 0 Å². The van der Waals surface area contributed by atoms with E-state index in [1.165, 1.54) is 0 Å². The Morgan fingerprint density at radius 3 is 2.15 bits per heavy atom. The molecular formula is C20H22N2O3S. The Kier molecular flexibility index (Phi) is 4.63. The predicted molar refractivity (Wildman–Crippen MR) is 103 cm³/mol. The predicted octanol–water partition coefficient (Wildman–Crippen LogP) is 4.68. The molecule has 136 valence electrons. The topological polar surface area (TPSA) is 72.2 Å². The maximum absolute atomic E-state index is 13.0. The van der Waals surface area contributed by atoms with E-state index in [-0.39, 0.29) is 4.90 Å². The summed E-state index contributed by atoms with van der Waals surface area (Å²) in [4.78, 5) is 0.245. The fourth-order valence-corrected chi connectivity index (χ4v) is 4.50. The van der Waals surface area contributed by atoms with Crippen LogP contribution in [0.5, 0.6) is 0 Å². The summed E-state index contributed by atoms with van der Waals surface area (Å²) in [6.07, 6.45) is 0. The molecule has 5 nitrogen and oxygen atoms in total. The average molecular weight is 370 g/mol. The van der Waals surface area contributed by atoms with Gasteiger partial charge in [0.15, 0.2) is 0 Å². The van der Waals surface area contributed by atoms with E-state index in [1.807, 2.05) is 52.0 Å². The summed E-state index contributed by atoms with van der Waals surface area (Å²) in [6, 6.07) is 11.0. The first-order chi connectivity index (χ1) is 12.2. The molecular weight excluding hydrogens is 348 g/mol. The minimum absolute atomic E-state index is 0.245. The van der Waals surface area contributed by atoms with Gasteiger partial charge in [-0.3, -0.25) is 4.72 Å². The van der Waals surface area contributed by atoms with E-state index in [1.54, 1.807) is 19.1 Å². The average Bonchev–Trinajstić information content (AvgIpc) is 2.85. The molecule has 1 N–H and O–H groups in total.